The van der Waals surface area contributed by atoms with Crippen LogP contribution in [0.3, 0.4) is 0 Å². The number of hydrogen-bond donors (Lipinski definition) is 6. The van der Waals surface area contributed by atoms with E-state index >= 15 is 0 Å². The van der Waals surface area contributed by atoms with Crippen molar-refractivity contribution in [3.8, 4) is 0 Å². The zero-order chi connectivity index (χ0) is 53.3. The molecule has 1 saturated heterocycles. The minimum absolute atomic E-state index is 0.221. The van der Waals surface area contributed by atoms with Crippen LogP contribution in [0.25, 0.3) is 0 Å². The Bertz CT molecular complexity index is 1290. The maximum Gasteiger partial charge on any atom is 0.397 e. The van der Waals surface area contributed by atoms with Crippen molar-refractivity contribution < 1.29 is 51.8 Å². The molecule has 436 valence electrons. The van der Waals surface area contributed by atoms with Crippen LogP contribution in [0, 0.1) is 0 Å². The molecule has 0 aliphatic carbocycles. The molecule has 1 aliphatic heterocycles. The first-order valence-corrected chi connectivity index (χ1v) is 32.8. The molecule has 6 N–H and O–H groups in total. The third-order valence-corrected chi connectivity index (χ3v) is 15.9. The van der Waals surface area contributed by atoms with Gasteiger partial charge in [-0.05, 0) is 12.8 Å². The molecule has 0 aromatic rings. The van der Waals surface area contributed by atoms with Crippen LogP contribution in [-0.2, 0) is 28.9 Å². The molecule has 0 aromatic carbocycles. The molecule has 0 spiro atoms. The van der Waals surface area contributed by atoms with Crippen molar-refractivity contribution in [1.29, 1.82) is 0 Å². The van der Waals surface area contributed by atoms with E-state index < -0.39 is 59.9 Å². The summed E-state index contributed by atoms with van der Waals surface area (Å²) in [7, 11) is -5.08. The van der Waals surface area contributed by atoms with Crippen LogP contribution in [0.15, 0.2) is 0 Å². The summed E-state index contributed by atoms with van der Waals surface area (Å²) in [6.45, 7) is 3.52. The number of carbonyl (C=O) groups is 1. The van der Waals surface area contributed by atoms with E-state index in [0.717, 1.165) is 51.4 Å². The van der Waals surface area contributed by atoms with Gasteiger partial charge in [0.05, 0.1) is 25.4 Å². The van der Waals surface area contributed by atoms with Crippen molar-refractivity contribution in [2.75, 3.05) is 13.2 Å². The number of nitrogens with one attached hydrogen (secondary N) is 1. The van der Waals surface area contributed by atoms with E-state index in [-0.39, 0.29) is 12.5 Å². The zero-order valence-corrected chi connectivity index (χ0v) is 48.3. The van der Waals surface area contributed by atoms with Crippen molar-refractivity contribution >= 4 is 16.3 Å². The lowest BCUT2D eigenvalue weighted by molar-refractivity contribution is -0.298. The van der Waals surface area contributed by atoms with Gasteiger partial charge in [-0.2, -0.15) is 8.42 Å². The van der Waals surface area contributed by atoms with Crippen LogP contribution in [0.5, 0.6) is 0 Å². The Morgan fingerprint density at radius 2 is 0.795 bits per heavy atom. The highest BCUT2D eigenvalue weighted by molar-refractivity contribution is 7.80. The van der Waals surface area contributed by atoms with E-state index in [4.69, 9.17) is 9.47 Å². The second-order valence-electron chi connectivity index (χ2n) is 22.4. The molecule has 0 bridgehead atoms. The standard InChI is InChI=1S/C60H119NO11S/c1-3-5-7-9-11-13-15-17-19-21-23-25-26-27-28-29-30-32-34-36-38-40-42-44-46-48-50-56(64)61-53(52-70-60-58(66)59(72-73(67,68)69)57(65)55(51-62)71-60)54(63)49-47-45-43-41-39-37-35-33-31-24-22-20-18-16-14-12-10-8-6-4-2/h53-55,57-60,62-63,65-66H,3-52H2,1-2H3,(H,61,64)(H,67,68,69). The summed E-state index contributed by atoms with van der Waals surface area (Å²) < 4.78 is 48.0. The normalized spacial score (nSPS) is 19.1. The topological polar surface area (TPSA) is 192 Å². The summed E-state index contributed by atoms with van der Waals surface area (Å²) in [5.74, 6) is -0.221. The maximum atomic E-state index is 13.2. The molecule has 12 nitrogen and oxygen atoms in total. The van der Waals surface area contributed by atoms with Gasteiger partial charge in [0.2, 0.25) is 5.91 Å². The van der Waals surface area contributed by atoms with Crippen molar-refractivity contribution in [2.24, 2.45) is 0 Å². The van der Waals surface area contributed by atoms with E-state index in [1.54, 1.807) is 0 Å². The molecule has 1 heterocycles. The molecular weight excluding hydrogens is 943 g/mol. The summed E-state index contributed by atoms with van der Waals surface area (Å²) in [5.41, 5.74) is 0. The third-order valence-electron chi connectivity index (χ3n) is 15.4. The first kappa shape index (κ1) is 70.1. The van der Waals surface area contributed by atoms with Gasteiger partial charge in [-0.3, -0.25) is 9.35 Å². The average Bonchev–Trinajstić information content (AvgIpc) is 3.37. The summed E-state index contributed by atoms with van der Waals surface area (Å²) >= 11 is 0. The van der Waals surface area contributed by atoms with E-state index in [1.807, 2.05) is 0 Å². The first-order valence-electron chi connectivity index (χ1n) is 31.4. The van der Waals surface area contributed by atoms with Crippen LogP contribution in [0.4, 0.5) is 0 Å². The highest BCUT2D eigenvalue weighted by Crippen LogP contribution is 2.26. The lowest BCUT2D eigenvalue weighted by Crippen LogP contribution is -2.61. The minimum atomic E-state index is -5.08. The molecule has 73 heavy (non-hydrogen) atoms. The molecule has 7 atom stereocenters. The number of amides is 1. The highest BCUT2D eigenvalue weighted by Gasteiger charge is 2.48. The minimum Gasteiger partial charge on any atom is -0.394 e. The number of aliphatic hydroxyl groups excluding tert-OH is 4. The lowest BCUT2D eigenvalue weighted by Gasteiger charge is -2.41. The van der Waals surface area contributed by atoms with Crippen molar-refractivity contribution in [2.45, 2.75) is 365 Å². The Kier molecular flexibility index (Phi) is 48.6. The fourth-order valence-electron chi connectivity index (χ4n) is 10.6. The van der Waals surface area contributed by atoms with Gasteiger partial charge in [0.1, 0.15) is 24.4 Å². The van der Waals surface area contributed by atoms with Gasteiger partial charge < -0.3 is 35.2 Å². The van der Waals surface area contributed by atoms with Gasteiger partial charge in [-0.25, -0.2) is 4.18 Å². The van der Waals surface area contributed by atoms with Gasteiger partial charge in [-0.1, -0.05) is 303 Å². The number of ether oxygens (including phenoxy) is 2. The van der Waals surface area contributed by atoms with E-state index in [9.17, 15) is 38.2 Å². The smallest absolute Gasteiger partial charge is 0.394 e. The largest absolute Gasteiger partial charge is 0.397 e. The lowest BCUT2D eigenvalue weighted by atomic mass is 9.99. The fourth-order valence-corrected chi connectivity index (χ4v) is 11.1. The Morgan fingerprint density at radius 3 is 1.10 bits per heavy atom. The van der Waals surface area contributed by atoms with Gasteiger partial charge in [0.15, 0.2) is 6.29 Å². The van der Waals surface area contributed by atoms with Gasteiger partial charge >= 0.3 is 10.4 Å². The monoisotopic (exact) mass is 1060 g/mol. The Morgan fingerprint density at radius 1 is 0.493 bits per heavy atom. The molecule has 0 aromatic heterocycles. The van der Waals surface area contributed by atoms with Crippen LogP contribution < -0.4 is 5.32 Å². The Labute approximate surface area is 449 Å². The second kappa shape index (κ2) is 50.6. The molecule has 1 aliphatic rings. The average molecular weight is 1060 g/mol. The number of carbonyl (C=O) groups excluding carboxylic acids is 1. The van der Waals surface area contributed by atoms with Crippen molar-refractivity contribution in [3.63, 3.8) is 0 Å². The summed E-state index contributed by atoms with van der Waals surface area (Å²) in [6, 6.07) is -0.854. The van der Waals surface area contributed by atoms with Crippen LogP contribution in [0.1, 0.15) is 322 Å². The molecule has 1 fully saturated rings. The summed E-state index contributed by atoms with van der Waals surface area (Å²) in [5, 5.41) is 45.2. The SMILES string of the molecule is CCCCCCCCCCCCCCCCCCCCCCCCCCCCC(=O)NC(COC1OC(CO)C(O)C(OS(=O)(=O)O)C1O)C(O)CCCCCCCCCCCCCCCCCCCCCC. The Balaban J connectivity index is 2.28. The van der Waals surface area contributed by atoms with E-state index in [1.165, 1.54) is 244 Å². The number of hydrogen-bond acceptors (Lipinski definition) is 10. The predicted molar refractivity (Wildman–Crippen MR) is 301 cm³/mol. The van der Waals surface area contributed by atoms with Gasteiger partial charge in [0, 0.05) is 6.42 Å². The van der Waals surface area contributed by atoms with Crippen LogP contribution in [-0.4, -0.2) is 95.4 Å². The third kappa shape index (κ3) is 42.8. The van der Waals surface area contributed by atoms with Gasteiger partial charge in [-0.15, -0.1) is 0 Å². The molecule has 0 saturated carbocycles. The summed E-state index contributed by atoms with van der Waals surface area (Å²) in [6.07, 6.45) is 51.2. The van der Waals surface area contributed by atoms with E-state index in [2.05, 4.69) is 23.3 Å². The number of unbranched alkanes of at least 4 members (excludes halogenated alkanes) is 44. The highest BCUT2D eigenvalue weighted by atomic mass is 32.3. The number of aliphatic hydroxyl groups is 4. The Hall–Kier alpha value is -0.900. The maximum absolute atomic E-state index is 13.2. The summed E-state index contributed by atoms with van der Waals surface area (Å²) in [4.78, 5) is 13.2. The van der Waals surface area contributed by atoms with Crippen LogP contribution >= 0.6 is 0 Å². The molecule has 1 rings (SSSR count). The molecule has 1 amide bonds. The number of rotatable bonds is 56. The van der Waals surface area contributed by atoms with E-state index in [0.29, 0.717) is 12.8 Å². The first-order chi connectivity index (χ1) is 35.5. The second-order valence-corrected chi connectivity index (χ2v) is 23.4. The van der Waals surface area contributed by atoms with Gasteiger partial charge in [0.25, 0.3) is 0 Å². The molecular formula is C60H119NO11S. The predicted octanol–water partition coefficient (Wildman–Crippen LogP) is 15.2. The quantitative estimate of drug-likeness (QED) is 0.0251. The van der Waals surface area contributed by atoms with Crippen LogP contribution in [0.2, 0.25) is 0 Å². The fraction of sp³-hybridized carbons (Fsp3) is 0.983. The molecule has 7 unspecified atom stereocenters. The van der Waals surface area contributed by atoms with Crippen molar-refractivity contribution in [3.05, 3.63) is 0 Å². The molecule has 0 radical (unpaired) electrons. The van der Waals surface area contributed by atoms with Crippen molar-refractivity contribution in [1.82, 2.24) is 5.32 Å². The zero-order valence-electron chi connectivity index (χ0n) is 47.5. The molecule has 13 heteroatoms.